The summed E-state index contributed by atoms with van der Waals surface area (Å²) in [5.41, 5.74) is 0. The van der Waals surface area contributed by atoms with Gasteiger partial charge in [-0.15, -0.1) is 11.3 Å². The van der Waals surface area contributed by atoms with Gasteiger partial charge in [-0.2, -0.15) is 8.78 Å². The summed E-state index contributed by atoms with van der Waals surface area (Å²) < 4.78 is 72.7. The molecule has 0 aliphatic carbocycles. The van der Waals surface area contributed by atoms with Gasteiger partial charge in [0.15, 0.2) is 10.7 Å². The summed E-state index contributed by atoms with van der Waals surface area (Å²) in [5, 5.41) is 3.58. The topological polar surface area (TPSA) is 54.5 Å². The minimum atomic E-state index is -2.32. The first-order valence-corrected chi connectivity index (χ1v) is 11.2. The Labute approximate surface area is 186 Å². The van der Waals surface area contributed by atoms with Crippen LogP contribution in [0, 0.1) is 35.0 Å². The van der Waals surface area contributed by atoms with Crippen LogP contribution in [0.25, 0.3) is 0 Å². The Morgan fingerprint density at radius 3 is 2.44 bits per heavy atom. The Morgan fingerprint density at radius 1 is 1.16 bits per heavy atom. The van der Waals surface area contributed by atoms with E-state index in [0.717, 1.165) is 50.1 Å². The van der Waals surface area contributed by atoms with E-state index < -0.39 is 40.8 Å². The Morgan fingerprint density at radius 2 is 1.81 bits per heavy atom. The summed E-state index contributed by atoms with van der Waals surface area (Å²) >= 11 is 0.967. The Hall–Kier alpha value is -2.27. The van der Waals surface area contributed by atoms with Gasteiger partial charge < -0.3 is 10.1 Å². The van der Waals surface area contributed by atoms with Gasteiger partial charge in [0.2, 0.25) is 34.8 Å². The maximum Gasteiger partial charge on any atom is 0.357 e. The van der Waals surface area contributed by atoms with Gasteiger partial charge in [0.25, 0.3) is 0 Å². The molecule has 176 valence electrons. The minimum Gasteiger partial charge on any atom is -0.416 e. The number of esters is 1. The molecule has 5 nitrogen and oxygen atoms in total. The number of piperidine rings is 1. The van der Waals surface area contributed by atoms with Crippen LogP contribution in [0.2, 0.25) is 0 Å². The van der Waals surface area contributed by atoms with Crippen molar-refractivity contribution < 1.29 is 31.5 Å². The van der Waals surface area contributed by atoms with Crippen molar-refractivity contribution >= 4 is 23.1 Å². The molecule has 1 N–H and O–H groups in total. The lowest BCUT2D eigenvalue weighted by Crippen LogP contribution is -2.33. The van der Waals surface area contributed by atoms with Crippen molar-refractivity contribution in [2.75, 3.05) is 25.0 Å². The number of nitrogens with one attached hydrogen (secondary N) is 1. The van der Waals surface area contributed by atoms with Gasteiger partial charge in [0, 0.05) is 13.1 Å². The standard InChI is InChI=1S/C21H24F5N3O2S/c1-3-4-7-27-20-19(32-12(28-20)10-29-8-5-6-11(2)9-29)21(30)31-18-16(25)14(23)13(22)15(24)17(18)26/h11,27H,3-10H2,1-2H3. The monoisotopic (exact) mass is 477 g/mol. The number of unbranched alkanes of at least 4 members (excludes halogenated alkanes) is 1. The van der Waals surface area contributed by atoms with Crippen LogP contribution in [0.15, 0.2) is 0 Å². The third kappa shape index (κ3) is 5.37. The number of carbonyl (C=O) groups is 1. The van der Waals surface area contributed by atoms with Crippen LogP contribution in [0.5, 0.6) is 5.75 Å². The van der Waals surface area contributed by atoms with Crippen LogP contribution >= 0.6 is 11.3 Å². The second-order valence-corrected chi connectivity index (χ2v) is 8.92. The molecule has 1 unspecified atom stereocenters. The molecule has 32 heavy (non-hydrogen) atoms. The van der Waals surface area contributed by atoms with Crippen LogP contribution in [0.3, 0.4) is 0 Å². The summed E-state index contributed by atoms with van der Waals surface area (Å²) in [4.78, 5) is 19.2. The predicted molar refractivity (Wildman–Crippen MR) is 110 cm³/mol. The molecule has 0 bridgehead atoms. The number of hydrogen-bond acceptors (Lipinski definition) is 6. The van der Waals surface area contributed by atoms with Crippen molar-refractivity contribution in [3.05, 3.63) is 39.0 Å². The summed E-state index contributed by atoms with van der Waals surface area (Å²) in [6, 6.07) is 0. The molecule has 0 saturated carbocycles. The molecule has 0 radical (unpaired) electrons. The average molecular weight is 477 g/mol. The number of aromatic nitrogens is 1. The zero-order valence-electron chi connectivity index (χ0n) is 17.7. The molecule has 3 rings (SSSR count). The van der Waals surface area contributed by atoms with E-state index in [2.05, 4.69) is 26.9 Å². The quantitative estimate of drug-likeness (QED) is 0.136. The Balaban J connectivity index is 1.86. The highest BCUT2D eigenvalue weighted by atomic mass is 32.1. The highest BCUT2D eigenvalue weighted by Crippen LogP contribution is 2.32. The summed E-state index contributed by atoms with van der Waals surface area (Å²) in [5.74, 6) is -13.3. The van der Waals surface area contributed by atoms with E-state index in [9.17, 15) is 26.7 Å². The molecule has 2 aromatic rings. The van der Waals surface area contributed by atoms with E-state index in [1.165, 1.54) is 0 Å². The van der Waals surface area contributed by atoms with E-state index in [1.54, 1.807) is 0 Å². The molecule has 11 heteroatoms. The molecule has 1 fully saturated rings. The van der Waals surface area contributed by atoms with Gasteiger partial charge in [-0.05, 0) is 31.7 Å². The first kappa shape index (κ1) is 24.4. The molecule has 1 aliphatic rings. The van der Waals surface area contributed by atoms with Crippen molar-refractivity contribution in [3.63, 3.8) is 0 Å². The van der Waals surface area contributed by atoms with Gasteiger partial charge in [0.05, 0.1) is 6.54 Å². The van der Waals surface area contributed by atoms with Crippen LogP contribution in [0.1, 0.15) is 54.2 Å². The summed E-state index contributed by atoms with van der Waals surface area (Å²) in [7, 11) is 0. The van der Waals surface area contributed by atoms with Crippen molar-refractivity contribution in [2.24, 2.45) is 5.92 Å². The molecule has 1 atom stereocenters. The van der Waals surface area contributed by atoms with E-state index in [4.69, 9.17) is 0 Å². The number of benzene rings is 1. The van der Waals surface area contributed by atoms with Gasteiger partial charge in [-0.25, -0.2) is 22.9 Å². The largest absolute Gasteiger partial charge is 0.416 e. The Bertz CT molecular complexity index is 956. The number of rotatable bonds is 8. The third-order valence-corrected chi connectivity index (χ3v) is 6.16. The maximum absolute atomic E-state index is 13.9. The number of nitrogens with zero attached hydrogens (tertiary/aromatic N) is 2. The van der Waals surface area contributed by atoms with E-state index >= 15 is 0 Å². The second kappa shape index (κ2) is 10.6. The molecule has 0 spiro atoms. The van der Waals surface area contributed by atoms with Crippen LogP contribution in [0.4, 0.5) is 27.8 Å². The number of anilines is 1. The predicted octanol–water partition coefficient (Wildman–Crippen LogP) is 5.50. The normalized spacial score (nSPS) is 16.9. The fourth-order valence-electron chi connectivity index (χ4n) is 3.51. The van der Waals surface area contributed by atoms with E-state index in [0.29, 0.717) is 24.0 Å². The zero-order chi connectivity index (χ0) is 23.4. The lowest BCUT2D eigenvalue weighted by molar-refractivity contribution is 0.0722. The molecular weight excluding hydrogens is 453 g/mol. The molecular formula is C21H24F5N3O2S. The van der Waals surface area contributed by atoms with Crippen molar-refractivity contribution in [1.29, 1.82) is 0 Å². The number of thiazole rings is 1. The van der Waals surface area contributed by atoms with Crippen LogP contribution < -0.4 is 10.1 Å². The summed E-state index contributed by atoms with van der Waals surface area (Å²) in [6.45, 7) is 6.86. The molecule has 1 saturated heterocycles. The lowest BCUT2D eigenvalue weighted by atomic mass is 10.0. The molecule has 1 aromatic carbocycles. The van der Waals surface area contributed by atoms with Gasteiger partial charge >= 0.3 is 5.97 Å². The molecule has 0 amide bonds. The highest BCUT2D eigenvalue weighted by Gasteiger charge is 2.30. The minimum absolute atomic E-state index is 0.0925. The number of likely N-dealkylation sites (tertiary alicyclic amines) is 1. The maximum atomic E-state index is 13.9. The first-order chi connectivity index (χ1) is 15.2. The van der Waals surface area contributed by atoms with Crippen LogP contribution in [-0.2, 0) is 6.54 Å². The number of halogens is 5. The smallest absolute Gasteiger partial charge is 0.357 e. The van der Waals surface area contributed by atoms with Crippen LogP contribution in [-0.4, -0.2) is 35.5 Å². The zero-order valence-corrected chi connectivity index (χ0v) is 18.6. The second-order valence-electron chi connectivity index (χ2n) is 7.84. The van der Waals surface area contributed by atoms with Crippen molar-refractivity contribution in [2.45, 2.75) is 46.1 Å². The molecule has 1 aromatic heterocycles. The fourth-order valence-corrected chi connectivity index (χ4v) is 4.47. The number of ether oxygens (including phenoxy) is 1. The number of hydrogen-bond donors (Lipinski definition) is 1. The Kier molecular flexibility index (Phi) is 8.05. The summed E-state index contributed by atoms with van der Waals surface area (Å²) in [6.07, 6.45) is 3.84. The molecule has 2 heterocycles. The lowest BCUT2D eigenvalue weighted by Gasteiger charge is -2.29. The van der Waals surface area contributed by atoms with Crippen molar-refractivity contribution in [3.8, 4) is 5.75 Å². The van der Waals surface area contributed by atoms with Crippen molar-refractivity contribution in [1.82, 2.24) is 9.88 Å². The molecule has 1 aliphatic heterocycles. The van der Waals surface area contributed by atoms with Gasteiger partial charge in [-0.3, -0.25) is 4.90 Å². The van der Waals surface area contributed by atoms with Gasteiger partial charge in [-0.1, -0.05) is 20.3 Å². The number of carbonyl (C=O) groups excluding carboxylic acids is 1. The highest BCUT2D eigenvalue weighted by molar-refractivity contribution is 7.14. The van der Waals surface area contributed by atoms with E-state index in [-0.39, 0.29) is 10.7 Å². The first-order valence-electron chi connectivity index (χ1n) is 10.4. The van der Waals surface area contributed by atoms with Gasteiger partial charge in [0.1, 0.15) is 5.01 Å². The average Bonchev–Trinajstić information content (AvgIpc) is 3.16. The fraction of sp³-hybridized carbons (Fsp3) is 0.524. The van der Waals surface area contributed by atoms with E-state index in [1.807, 2.05) is 6.92 Å². The SMILES string of the molecule is CCCCNc1nc(CN2CCCC(C)C2)sc1C(=O)Oc1c(F)c(F)c(F)c(F)c1F. The third-order valence-electron chi connectivity index (χ3n) is 5.14.